The van der Waals surface area contributed by atoms with Crippen molar-refractivity contribution in [3.63, 3.8) is 0 Å². The summed E-state index contributed by atoms with van der Waals surface area (Å²) in [5.74, 6) is -1.13. The molecule has 0 aliphatic heterocycles. The summed E-state index contributed by atoms with van der Waals surface area (Å²) in [6.45, 7) is 0. The fourth-order valence-electron chi connectivity index (χ4n) is 2.79. The van der Waals surface area contributed by atoms with Crippen LogP contribution in [-0.4, -0.2) is 34.1 Å². The summed E-state index contributed by atoms with van der Waals surface area (Å²) in [4.78, 5) is 28.2. The van der Waals surface area contributed by atoms with E-state index >= 15 is 0 Å². The average Bonchev–Trinajstić information content (AvgIpc) is 2.99. The first-order valence-corrected chi connectivity index (χ1v) is 7.58. The van der Waals surface area contributed by atoms with E-state index in [9.17, 15) is 9.59 Å². The van der Waals surface area contributed by atoms with Gasteiger partial charge in [0.15, 0.2) is 5.78 Å². The van der Waals surface area contributed by atoms with E-state index in [0.29, 0.717) is 22.4 Å². The molecule has 1 heterocycles. The molecule has 0 bridgehead atoms. The Balaban J connectivity index is 0.000000880. The van der Waals surface area contributed by atoms with Crippen LogP contribution in [-0.2, 0) is 0 Å². The van der Waals surface area contributed by atoms with Crippen molar-refractivity contribution in [2.24, 2.45) is 0 Å². The zero-order valence-corrected chi connectivity index (χ0v) is 13.4. The van der Waals surface area contributed by atoms with E-state index in [1.165, 1.54) is 12.1 Å². The third-order valence-electron chi connectivity index (χ3n) is 3.96. The van der Waals surface area contributed by atoms with Crippen LogP contribution in [0.15, 0.2) is 54.6 Å². The van der Waals surface area contributed by atoms with Crippen molar-refractivity contribution in [3.05, 3.63) is 77.0 Å². The minimum atomic E-state index is -1.01. The van der Waals surface area contributed by atoms with Crippen LogP contribution in [0.4, 0.5) is 0 Å². The zero-order chi connectivity index (χ0) is 18.0. The second-order valence-electron chi connectivity index (χ2n) is 5.38. The Hall–Kier alpha value is -3.31. The summed E-state index contributed by atoms with van der Waals surface area (Å²) in [6, 6.07) is 16.0. The number of aromatic nitrogens is 1. The van der Waals surface area contributed by atoms with Crippen LogP contribution in [0.1, 0.15) is 32.0 Å². The quantitative estimate of drug-likeness (QED) is 0.751. The van der Waals surface area contributed by atoms with E-state index in [0.717, 1.165) is 18.0 Å². The monoisotopic (exact) mass is 333 g/mol. The van der Waals surface area contributed by atoms with Gasteiger partial charge in [0.2, 0.25) is 0 Å². The molecule has 124 valence electrons. The van der Waals surface area contributed by atoms with Crippen LogP contribution < -0.4 is 0 Å². The highest BCUT2D eigenvalue weighted by atomic mass is 16.4. The van der Waals surface area contributed by atoms with E-state index in [1.807, 2.05) is 36.4 Å². The highest BCUT2D eigenvalue weighted by Crippen LogP contribution is 2.32. The van der Waals surface area contributed by atoms with E-state index < -0.39 is 5.97 Å². The number of pyridine rings is 1. The Labute approximate surface area is 143 Å². The predicted octanol–water partition coefficient (Wildman–Crippen LogP) is 3.28. The number of carbonyl (C=O) groups is 2. The second-order valence-corrected chi connectivity index (χ2v) is 5.38. The largest absolute Gasteiger partial charge is 0.478 e. The second kappa shape index (κ2) is 6.67. The molecule has 1 aliphatic carbocycles. The molecule has 25 heavy (non-hydrogen) atoms. The summed E-state index contributed by atoms with van der Waals surface area (Å²) < 4.78 is 0. The maximum absolute atomic E-state index is 12.6. The van der Waals surface area contributed by atoms with E-state index in [4.69, 9.17) is 10.2 Å². The number of fused-ring (bicyclic) bond motifs is 2. The number of aliphatic hydroxyl groups is 1. The lowest BCUT2D eigenvalue weighted by atomic mass is 10.0. The molecule has 2 aromatic carbocycles. The summed E-state index contributed by atoms with van der Waals surface area (Å²) in [5, 5.41) is 17.1. The smallest absolute Gasteiger partial charge is 0.335 e. The highest BCUT2D eigenvalue weighted by Gasteiger charge is 2.25. The predicted molar refractivity (Wildman–Crippen MR) is 95.5 cm³/mol. The molecule has 0 unspecified atom stereocenters. The Morgan fingerprint density at radius 2 is 1.76 bits per heavy atom. The van der Waals surface area contributed by atoms with Crippen LogP contribution in [0.5, 0.6) is 0 Å². The fraction of sp³-hybridized carbons (Fsp3) is 0.0500. The summed E-state index contributed by atoms with van der Waals surface area (Å²) in [7, 11) is 1.00. The molecule has 0 atom stereocenters. The number of carbonyl (C=O) groups excluding carboxylic acids is 1. The van der Waals surface area contributed by atoms with Crippen molar-refractivity contribution in [2.45, 2.75) is 0 Å². The Kier molecular flexibility index (Phi) is 4.41. The van der Waals surface area contributed by atoms with Gasteiger partial charge in [-0.2, -0.15) is 0 Å². The number of hydrogen-bond donors (Lipinski definition) is 2. The first kappa shape index (κ1) is 16.5. The number of allylic oxidation sites excluding steroid dienone is 1. The first-order valence-electron chi connectivity index (χ1n) is 7.58. The van der Waals surface area contributed by atoms with Gasteiger partial charge in [0, 0.05) is 23.6 Å². The molecule has 2 N–H and O–H groups in total. The lowest BCUT2D eigenvalue weighted by Gasteiger charge is -2.03. The molecule has 3 aromatic rings. The van der Waals surface area contributed by atoms with E-state index in [2.05, 4.69) is 4.98 Å². The van der Waals surface area contributed by atoms with Crippen LogP contribution in [0.2, 0.25) is 0 Å². The first-order chi connectivity index (χ1) is 12.1. The van der Waals surface area contributed by atoms with Gasteiger partial charge in [0.1, 0.15) is 0 Å². The van der Waals surface area contributed by atoms with Crippen molar-refractivity contribution < 1.29 is 19.8 Å². The molecule has 1 aromatic heterocycles. The Bertz CT molecular complexity index is 1020. The van der Waals surface area contributed by atoms with Crippen LogP contribution in [0.25, 0.3) is 22.6 Å². The number of carboxylic acid groups (broad SMARTS) is 1. The molecule has 0 saturated heterocycles. The number of Topliss-reactive ketones (excluding diaryl/α,β-unsaturated/α-hetero) is 1. The van der Waals surface area contributed by atoms with Crippen LogP contribution in [0, 0.1) is 0 Å². The molecule has 0 spiro atoms. The number of carboxylic acids is 1. The minimum Gasteiger partial charge on any atom is -0.478 e. The SMILES string of the molecule is CO.O=C(O)c1ccc2c(c1)C=C(c1ccc3ccccc3n1)C2=O. The molecule has 0 fully saturated rings. The molecule has 0 radical (unpaired) electrons. The molecule has 0 saturated carbocycles. The maximum Gasteiger partial charge on any atom is 0.335 e. The Morgan fingerprint density at radius 3 is 2.52 bits per heavy atom. The molecule has 4 rings (SSSR count). The van der Waals surface area contributed by atoms with Gasteiger partial charge in [0.05, 0.1) is 16.8 Å². The maximum atomic E-state index is 12.6. The van der Waals surface area contributed by atoms with Crippen molar-refractivity contribution in [1.29, 1.82) is 0 Å². The normalized spacial score (nSPS) is 12.2. The van der Waals surface area contributed by atoms with Gasteiger partial charge in [-0.1, -0.05) is 24.3 Å². The van der Waals surface area contributed by atoms with E-state index in [-0.39, 0.29) is 11.3 Å². The number of aromatic carboxylic acids is 1. The molecular formula is C20H15NO4. The highest BCUT2D eigenvalue weighted by molar-refractivity contribution is 6.37. The lowest BCUT2D eigenvalue weighted by Crippen LogP contribution is -2.02. The number of nitrogens with zero attached hydrogens (tertiary/aromatic N) is 1. The zero-order valence-electron chi connectivity index (χ0n) is 13.4. The summed E-state index contributed by atoms with van der Waals surface area (Å²) >= 11 is 0. The molecule has 5 nitrogen and oxygen atoms in total. The van der Waals surface area contributed by atoms with Crippen molar-refractivity contribution in [3.8, 4) is 0 Å². The number of rotatable bonds is 2. The number of ketones is 1. The topological polar surface area (TPSA) is 87.5 Å². The third kappa shape index (κ3) is 2.93. The molecule has 1 aliphatic rings. The Morgan fingerprint density at radius 1 is 1.00 bits per heavy atom. The van der Waals surface area contributed by atoms with Gasteiger partial charge >= 0.3 is 5.97 Å². The number of para-hydroxylation sites is 1. The summed E-state index contributed by atoms with van der Waals surface area (Å²) in [5.41, 5.74) is 3.22. The van der Waals surface area contributed by atoms with Crippen molar-refractivity contribution in [1.82, 2.24) is 4.98 Å². The number of benzene rings is 2. The van der Waals surface area contributed by atoms with Gasteiger partial charge in [-0.25, -0.2) is 9.78 Å². The van der Waals surface area contributed by atoms with Gasteiger partial charge in [-0.3, -0.25) is 4.79 Å². The molecule has 0 amide bonds. The standard InChI is InChI=1S/C19H11NO3.CH4O/c21-18-14-7-5-12(19(22)23)9-13(14)10-15(18)17-8-6-11-3-1-2-4-16(11)20-17;1-2/h1-10H,(H,22,23);2H,1H3. The average molecular weight is 333 g/mol. The van der Waals surface area contributed by atoms with Gasteiger partial charge in [-0.05, 0) is 42.0 Å². The third-order valence-corrected chi connectivity index (χ3v) is 3.96. The fourth-order valence-corrected chi connectivity index (χ4v) is 2.79. The summed E-state index contributed by atoms with van der Waals surface area (Å²) in [6.07, 6.45) is 1.71. The van der Waals surface area contributed by atoms with Gasteiger partial charge in [0.25, 0.3) is 0 Å². The van der Waals surface area contributed by atoms with Gasteiger partial charge < -0.3 is 10.2 Å². The minimum absolute atomic E-state index is 0.125. The van der Waals surface area contributed by atoms with Crippen LogP contribution >= 0.6 is 0 Å². The van der Waals surface area contributed by atoms with Crippen molar-refractivity contribution >= 4 is 34.3 Å². The van der Waals surface area contributed by atoms with Crippen molar-refractivity contribution in [2.75, 3.05) is 7.11 Å². The lowest BCUT2D eigenvalue weighted by molar-refractivity contribution is 0.0696. The number of aliphatic hydroxyl groups excluding tert-OH is 1. The van der Waals surface area contributed by atoms with E-state index in [1.54, 1.807) is 12.1 Å². The van der Waals surface area contributed by atoms with Crippen LogP contribution in [0.3, 0.4) is 0 Å². The molecule has 5 heteroatoms. The van der Waals surface area contributed by atoms with Gasteiger partial charge in [-0.15, -0.1) is 0 Å². The molecular weight excluding hydrogens is 318 g/mol. The number of hydrogen-bond acceptors (Lipinski definition) is 4.